The van der Waals surface area contributed by atoms with Gasteiger partial charge in [-0.1, -0.05) is 20.8 Å². The molecule has 4 atom stereocenters. The minimum Gasteiger partial charge on any atom is -0.408 e. The van der Waals surface area contributed by atoms with Gasteiger partial charge in [0.05, 0.1) is 17.8 Å². The highest BCUT2D eigenvalue weighted by molar-refractivity contribution is 7.80. The molecule has 0 N–H and O–H groups in total. The predicted octanol–water partition coefficient (Wildman–Crippen LogP) is 3.85. The molecule has 0 aromatic carbocycles. The number of thiol groups is 1. The molecule has 1 unspecified atom stereocenters. The van der Waals surface area contributed by atoms with Gasteiger partial charge in [-0.2, -0.15) is 0 Å². The van der Waals surface area contributed by atoms with E-state index >= 15 is 0 Å². The topological polar surface area (TPSA) is 27.7 Å². The van der Waals surface area contributed by atoms with Gasteiger partial charge in [0.25, 0.3) is 0 Å². The normalized spacial score (nSPS) is 37.4. The minimum absolute atomic E-state index is 0.00433. The second kappa shape index (κ2) is 5.68. The second-order valence-corrected chi connectivity index (χ2v) is 12.6. The van der Waals surface area contributed by atoms with Crippen LogP contribution in [0.15, 0.2) is 0 Å². The fourth-order valence-corrected chi connectivity index (χ4v) is 4.22. The quantitative estimate of drug-likeness (QED) is 0.634. The predicted molar refractivity (Wildman–Crippen MR) is 85.4 cm³/mol. The first-order valence-electron chi connectivity index (χ1n) is 6.99. The Hall–Kier alpha value is 0.447. The molecule has 0 radical (unpaired) electrons. The Morgan fingerprint density at radius 3 is 2.26 bits per heavy atom. The van der Waals surface area contributed by atoms with E-state index in [1.165, 1.54) is 0 Å². The summed E-state index contributed by atoms with van der Waals surface area (Å²) in [7, 11) is -0.0956. The Labute approximate surface area is 124 Å². The summed E-state index contributed by atoms with van der Waals surface area (Å²) in [6.45, 7) is 15.4. The summed E-state index contributed by atoms with van der Waals surface area (Å²) in [6, 6.07) is 0. The third-order valence-corrected chi connectivity index (χ3v) is 9.43. The van der Waals surface area contributed by atoms with Crippen LogP contribution in [-0.2, 0) is 13.9 Å². The first kappa shape index (κ1) is 17.5. The van der Waals surface area contributed by atoms with E-state index in [1.54, 1.807) is 7.11 Å². The van der Waals surface area contributed by atoms with Gasteiger partial charge in [-0.25, -0.2) is 0 Å². The summed E-state index contributed by atoms with van der Waals surface area (Å²) in [5.41, 5.74) is -0.418. The average Bonchev–Trinajstić information content (AvgIpc) is 2.22. The van der Waals surface area contributed by atoms with Crippen LogP contribution in [0, 0.1) is 0 Å². The molecule has 5 heteroatoms. The van der Waals surface area contributed by atoms with Gasteiger partial charge < -0.3 is 13.9 Å². The summed E-state index contributed by atoms with van der Waals surface area (Å²) in [5.74, 6) is 0. The van der Waals surface area contributed by atoms with Crippen LogP contribution in [0.4, 0.5) is 0 Å². The van der Waals surface area contributed by atoms with E-state index in [0.717, 1.165) is 6.42 Å². The van der Waals surface area contributed by atoms with E-state index in [0.29, 0.717) is 0 Å². The molecule has 0 bridgehead atoms. The second-order valence-electron chi connectivity index (χ2n) is 7.32. The van der Waals surface area contributed by atoms with Crippen LogP contribution < -0.4 is 0 Å². The first-order chi connectivity index (χ1) is 8.43. The monoisotopic (exact) mass is 306 g/mol. The van der Waals surface area contributed by atoms with Gasteiger partial charge in [0.15, 0.2) is 8.32 Å². The van der Waals surface area contributed by atoms with Gasteiger partial charge in [-0.15, -0.1) is 12.6 Å². The lowest BCUT2D eigenvalue weighted by Crippen LogP contribution is -2.60. The zero-order valence-corrected chi connectivity index (χ0v) is 15.5. The summed E-state index contributed by atoms with van der Waals surface area (Å²) in [5, 5.41) is 0.180. The highest BCUT2D eigenvalue weighted by Gasteiger charge is 2.50. The van der Waals surface area contributed by atoms with Crippen LogP contribution in [0.2, 0.25) is 18.1 Å². The molecule has 1 aliphatic rings. The Bertz CT molecular complexity index is 316. The smallest absolute Gasteiger partial charge is 0.192 e. The van der Waals surface area contributed by atoms with Crippen molar-refractivity contribution in [3.8, 4) is 0 Å². The molecule has 0 aromatic heterocycles. The van der Waals surface area contributed by atoms with Crippen LogP contribution >= 0.6 is 12.6 Å². The van der Waals surface area contributed by atoms with Crippen LogP contribution in [0.3, 0.4) is 0 Å². The third-order valence-electron chi connectivity index (χ3n) is 4.67. The number of hydrogen-bond donors (Lipinski definition) is 1. The molecular weight excluding hydrogens is 276 g/mol. The molecule has 1 saturated heterocycles. The molecule has 0 amide bonds. The fourth-order valence-electron chi connectivity index (χ4n) is 2.24. The minimum atomic E-state index is -1.85. The highest BCUT2D eigenvalue weighted by Crippen LogP contribution is 2.42. The lowest BCUT2D eigenvalue weighted by molar-refractivity contribution is -0.190. The molecule has 0 aromatic rings. The molecule has 0 saturated carbocycles. The van der Waals surface area contributed by atoms with Crippen molar-refractivity contribution in [3.63, 3.8) is 0 Å². The molecular formula is C14H30O3SSi. The molecule has 114 valence electrons. The number of hydrogen-bond acceptors (Lipinski definition) is 4. The van der Waals surface area contributed by atoms with E-state index in [1.807, 2.05) is 0 Å². The van der Waals surface area contributed by atoms with Gasteiger partial charge in [-0.3, -0.25) is 0 Å². The van der Waals surface area contributed by atoms with Crippen molar-refractivity contribution in [2.24, 2.45) is 0 Å². The van der Waals surface area contributed by atoms with Crippen LogP contribution in [-0.4, -0.2) is 38.7 Å². The maximum absolute atomic E-state index is 6.57. The summed E-state index contributed by atoms with van der Waals surface area (Å²) < 4.78 is 18.2. The van der Waals surface area contributed by atoms with Gasteiger partial charge in [0, 0.05) is 13.5 Å². The summed E-state index contributed by atoms with van der Waals surface area (Å²) in [4.78, 5) is 0. The zero-order valence-electron chi connectivity index (χ0n) is 13.6. The highest BCUT2D eigenvalue weighted by atomic mass is 32.1. The molecule has 0 aliphatic carbocycles. The number of rotatable bonds is 3. The van der Waals surface area contributed by atoms with E-state index in [4.69, 9.17) is 13.9 Å². The largest absolute Gasteiger partial charge is 0.408 e. The molecule has 19 heavy (non-hydrogen) atoms. The molecule has 1 fully saturated rings. The lowest BCUT2D eigenvalue weighted by atomic mass is 9.89. The summed E-state index contributed by atoms with van der Waals surface area (Å²) in [6.07, 6.45) is 0.702. The zero-order chi connectivity index (χ0) is 15.1. The van der Waals surface area contributed by atoms with Crippen molar-refractivity contribution < 1.29 is 13.9 Å². The standard InChI is InChI=1S/C14H30O3SSi/c1-10-12(17-19(7,8)13(2,3)4)14(5,15-6)9-11(18)16-10/h10-12,18H,9H2,1-8H3/t10-,11?,12-,14+/m0/s1. The molecule has 3 nitrogen and oxygen atoms in total. The Morgan fingerprint density at radius 1 is 1.32 bits per heavy atom. The van der Waals surface area contributed by atoms with Crippen molar-refractivity contribution in [2.75, 3.05) is 7.11 Å². The van der Waals surface area contributed by atoms with Crippen molar-refractivity contribution in [1.82, 2.24) is 0 Å². The first-order valence-corrected chi connectivity index (χ1v) is 10.4. The van der Waals surface area contributed by atoms with Gasteiger partial charge in [-0.05, 0) is 32.0 Å². The van der Waals surface area contributed by atoms with E-state index < -0.39 is 8.32 Å². The van der Waals surface area contributed by atoms with Crippen molar-refractivity contribution >= 4 is 20.9 Å². The van der Waals surface area contributed by atoms with Crippen molar-refractivity contribution in [1.29, 1.82) is 0 Å². The Morgan fingerprint density at radius 2 is 1.84 bits per heavy atom. The van der Waals surface area contributed by atoms with E-state index in [2.05, 4.69) is 60.3 Å². The van der Waals surface area contributed by atoms with Gasteiger partial charge in [0.2, 0.25) is 0 Å². The molecule has 1 aliphatic heterocycles. The lowest BCUT2D eigenvalue weighted by Gasteiger charge is -2.50. The molecule has 1 rings (SSSR count). The van der Waals surface area contributed by atoms with Gasteiger partial charge >= 0.3 is 0 Å². The average molecular weight is 307 g/mol. The van der Waals surface area contributed by atoms with Crippen LogP contribution in [0.25, 0.3) is 0 Å². The van der Waals surface area contributed by atoms with Crippen molar-refractivity contribution in [3.05, 3.63) is 0 Å². The maximum Gasteiger partial charge on any atom is 0.192 e. The summed E-state index contributed by atoms with van der Waals surface area (Å²) >= 11 is 4.45. The van der Waals surface area contributed by atoms with Crippen molar-refractivity contribution in [2.45, 2.75) is 82.4 Å². The van der Waals surface area contributed by atoms with Crippen LogP contribution in [0.1, 0.15) is 41.0 Å². The Balaban J connectivity index is 2.96. The Kier molecular flexibility index (Phi) is 5.23. The molecule has 0 spiro atoms. The maximum atomic E-state index is 6.57. The number of methoxy groups -OCH3 is 1. The fraction of sp³-hybridized carbons (Fsp3) is 1.00. The van der Waals surface area contributed by atoms with Gasteiger partial charge in [0.1, 0.15) is 5.44 Å². The number of ether oxygens (including phenoxy) is 2. The van der Waals surface area contributed by atoms with E-state index in [-0.39, 0.29) is 28.3 Å². The molecule has 1 heterocycles. The van der Waals surface area contributed by atoms with E-state index in [9.17, 15) is 0 Å². The third kappa shape index (κ3) is 3.76. The van der Waals surface area contributed by atoms with Crippen LogP contribution in [0.5, 0.6) is 0 Å². The SMILES string of the molecule is CO[C@]1(C)CC(S)O[C@@H](C)[C@@H]1O[Si](C)(C)C(C)(C)C.